The monoisotopic (exact) mass is 312 g/mol. The summed E-state index contributed by atoms with van der Waals surface area (Å²) in [6.45, 7) is 3.66. The van der Waals surface area contributed by atoms with Crippen LogP contribution in [0.5, 0.6) is 5.75 Å². The highest BCUT2D eigenvalue weighted by atomic mass is 35.5. The van der Waals surface area contributed by atoms with Gasteiger partial charge in [-0.2, -0.15) is 0 Å². The Hall–Kier alpha value is -1.79. The number of halogens is 1. The van der Waals surface area contributed by atoms with Crippen LogP contribution in [0.4, 0.5) is 0 Å². The minimum absolute atomic E-state index is 0.0843. The predicted molar refractivity (Wildman–Crippen MR) is 77.4 cm³/mol. The van der Waals surface area contributed by atoms with E-state index in [-0.39, 0.29) is 17.2 Å². The molecule has 1 fully saturated rings. The van der Waals surface area contributed by atoms with Gasteiger partial charge < -0.3 is 20.1 Å². The van der Waals surface area contributed by atoms with Crippen LogP contribution in [0, 0.1) is 0 Å². The standard InChI is InChI=1S/C14H17ClN2O4/c1-9(14(20)17-4-6-21-7-5-17)16-13(19)11-3-2-10(15)8-12(11)18/h2-3,8-9,18H,4-7H2,1H3,(H,16,19). The third kappa shape index (κ3) is 3.86. The first-order valence-electron chi connectivity index (χ1n) is 6.65. The predicted octanol–water partition coefficient (Wildman–Crippen LogP) is 1.02. The molecule has 1 aliphatic rings. The lowest BCUT2D eigenvalue weighted by Gasteiger charge is -2.29. The van der Waals surface area contributed by atoms with Crippen molar-refractivity contribution in [2.45, 2.75) is 13.0 Å². The number of amides is 2. The SMILES string of the molecule is CC(NC(=O)c1ccc(Cl)cc1O)C(=O)N1CCOCC1. The molecule has 2 rings (SSSR count). The first-order valence-corrected chi connectivity index (χ1v) is 7.02. The summed E-state index contributed by atoms with van der Waals surface area (Å²) in [6, 6.07) is 3.53. The zero-order chi connectivity index (χ0) is 15.4. The van der Waals surface area contributed by atoms with Crippen LogP contribution in [0.25, 0.3) is 0 Å². The smallest absolute Gasteiger partial charge is 0.255 e. The second-order valence-electron chi connectivity index (χ2n) is 4.79. The molecular formula is C14H17ClN2O4. The highest BCUT2D eigenvalue weighted by Gasteiger charge is 2.24. The summed E-state index contributed by atoms with van der Waals surface area (Å²) in [5.41, 5.74) is 0.0843. The molecule has 1 aromatic carbocycles. The van der Waals surface area contributed by atoms with Crippen LogP contribution < -0.4 is 5.32 Å². The van der Waals surface area contributed by atoms with Crippen molar-refractivity contribution in [2.75, 3.05) is 26.3 Å². The number of carbonyl (C=O) groups is 2. The molecule has 1 atom stereocenters. The van der Waals surface area contributed by atoms with Crippen LogP contribution in [0.1, 0.15) is 17.3 Å². The first-order chi connectivity index (χ1) is 9.99. The van der Waals surface area contributed by atoms with E-state index in [1.54, 1.807) is 11.8 Å². The van der Waals surface area contributed by atoms with Gasteiger partial charge in [-0.15, -0.1) is 0 Å². The Morgan fingerprint density at radius 2 is 2.05 bits per heavy atom. The third-order valence-electron chi connectivity index (χ3n) is 3.25. The summed E-state index contributed by atoms with van der Waals surface area (Å²) >= 11 is 5.72. The summed E-state index contributed by atoms with van der Waals surface area (Å²) < 4.78 is 5.18. The molecule has 1 heterocycles. The number of hydrogen-bond acceptors (Lipinski definition) is 4. The Labute approximate surface area is 127 Å². The highest BCUT2D eigenvalue weighted by Crippen LogP contribution is 2.21. The molecule has 2 N–H and O–H groups in total. The van der Waals surface area contributed by atoms with Crippen LogP contribution in [0.2, 0.25) is 5.02 Å². The molecule has 1 aliphatic heterocycles. The Morgan fingerprint density at radius 1 is 1.38 bits per heavy atom. The van der Waals surface area contributed by atoms with Gasteiger partial charge in [-0.25, -0.2) is 0 Å². The summed E-state index contributed by atoms with van der Waals surface area (Å²) in [7, 11) is 0. The molecule has 0 aromatic heterocycles. The Bertz CT molecular complexity index is 544. The van der Waals surface area contributed by atoms with Crippen molar-refractivity contribution in [3.63, 3.8) is 0 Å². The second-order valence-corrected chi connectivity index (χ2v) is 5.23. The maximum Gasteiger partial charge on any atom is 0.255 e. The number of carbonyl (C=O) groups excluding carboxylic acids is 2. The van der Waals surface area contributed by atoms with E-state index in [0.717, 1.165) is 0 Å². The summed E-state index contributed by atoms with van der Waals surface area (Å²) in [5, 5.41) is 12.6. The number of hydrogen-bond donors (Lipinski definition) is 2. The lowest BCUT2D eigenvalue weighted by molar-refractivity contribution is -0.136. The quantitative estimate of drug-likeness (QED) is 0.873. The van der Waals surface area contributed by atoms with Crippen LogP contribution in [-0.4, -0.2) is 54.2 Å². The Kier molecular flexibility index (Phi) is 5.03. The number of rotatable bonds is 3. The topological polar surface area (TPSA) is 78.9 Å². The zero-order valence-corrected chi connectivity index (χ0v) is 12.4. The number of morpholine rings is 1. The van der Waals surface area contributed by atoms with Gasteiger partial charge in [0.25, 0.3) is 5.91 Å². The van der Waals surface area contributed by atoms with Gasteiger partial charge in [-0.1, -0.05) is 11.6 Å². The average molecular weight is 313 g/mol. The molecule has 7 heteroatoms. The Balaban J connectivity index is 1.99. The first kappa shape index (κ1) is 15.6. The third-order valence-corrected chi connectivity index (χ3v) is 3.48. The number of aromatic hydroxyl groups is 1. The van der Waals surface area contributed by atoms with E-state index in [2.05, 4.69) is 5.32 Å². The number of phenolic OH excluding ortho intramolecular Hbond substituents is 1. The molecule has 0 aliphatic carbocycles. The van der Waals surface area contributed by atoms with Crippen molar-refractivity contribution in [3.05, 3.63) is 28.8 Å². The minimum Gasteiger partial charge on any atom is -0.507 e. The zero-order valence-electron chi connectivity index (χ0n) is 11.6. The molecule has 0 saturated carbocycles. The molecule has 6 nitrogen and oxygen atoms in total. The van der Waals surface area contributed by atoms with E-state index in [0.29, 0.717) is 31.3 Å². The van der Waals surface area contributed by atoms with Crippen molar-refractivity contribution in [2.24, 2.45) is 0 Å². The molecule has 0 radical (unpaired) electrons. The number of benzene rings is 1. The van der Waals surface area contributed by atoms with E-state index in [1.807, 2.05) is 0 Å². The fraction of sp³-hybridized carbons (Fsp3) is 0.429. The van der Waals surface area contributed by atoms with Gasteiger partial charge in [0.1, 0.15) is 11.8 Å². The van der Waals surface area contributed by atoms with Crippen LogP contribution in [-0.2, 0) is 9.53 Å². The molecule has 1 unspecified atom stereocenters. The van der Waals surface area contributed by atoms with Gasteiger partial charge in [0.05, 0.1) is 18.8 Å². The molecule has 1 aromatic rings. The van der Waals surface area contributed by atoms with Crippen LogP contribution >= 0.6 is 11.6 Å². The molecule has 0 bridgehead atoms. The summed E-state index contributed by atoms with van der Waals surface area (Å²) in [5.74, 6) is -0.899. The van der Waals surface area contributed by atoms with Gasteiger partial charge in [0, 0.05) is 18.1 Å². The van der Waals surface area contributed by atoms with Crippen molar-refractivity contribution in [1.82, 2.24) is 10.2 Å². The van der Waals surface area contributed by atoms with E-state index in [4.69, 9.17) is 16.3 Å². The van der Waals surface area contributed by atoms with E-state index in [1.165, 1.54) is 18.2 Å². The average Bonchev–Trinajstić information content (AvgIpc) is 2.47. The fourth-order valence-corrected chi connectivity index (χ4v) is 2.26. The lowest BCUT2D eigenvalue weighted by Crippen LogP contribution is -2.50. The highest BCUT2D eigenvalue weighted by molar-refractivity contribution is 6.30. The van der Waals surface area contributed by atoms with Gasteiger partial charge >= 0.3 is 0 Å². The van der Waals surface area contributed by atoms with E-state index in [9.17, 15) is 14.7 Å². The van der Waals surface area contributed by atoms with Crippen molar-refractivity contribution in [1.29, 1.82) is 0 Å². The van der Waals surface area contributed by atoms with E-state index >= 15 is 0 Å². The number of nitrogens with one attached hydrogen (secondary N) is 1. The van der Waals surface area contributed by atoms with Crippen LogP contribution in [0.15, 0.2) is 18.2 Å². The van der Waals surface area contributed by atoms with Crippen molar-refractivity contribution >= 4 is 23.4 Å². The van der Waals surface area contributed by atoms with E-state index < -0.39 is 11.9 Å². The normalized spacial score (nSPS) is 16.4. The molecular weight excluding hydrogens is 296 g/mol. The number of ether oxygens (including phenoxy) is 1. The molecule has 114 valence electrons. The maximum atomic E-state index is 12.2. The molecule has 21 heavy (non-hydrogen) atoms. The largest absolute Gasteiger partial charge is 0.507 e. The molecule has 0 spiro atoms. The summed E-state index contributed by atoms with van der Waals surface area (Å²) in [4.78, 5) is 25.9. The van der Waals surface area contributed by atoms with Gasteiger partial charge in [-0.3, -0.25) is 9.59 Å². The number of phenols is 1. The second kappa shape index (κ2) is 6.78. The minimum atomic E-state index is -0.675. The lowest BCUT2D eigenvalue weighted by atomic mass is 10.1. The van der Waals surface area contributed by atoms with Crippen molar-refractivity contribution in [3.8, 4) is 5.75 Å². The van der Waals surface area contributed by atoms with Crippen molar-refractivity contribution < 1.29 is 19.4 Å². The Morgan fingerprint density at radius 3 is 2.67 bits per heavy atom. The molecule has 1 saturated heterocycles. The van der Waals surface area contributed by atoms with Gasteiger partial charge in [-0.05, 0) is 25.1 Å². The maximum absolute atomic E-state index is 12.2. The number of nitrogens with zero attached hydrogens (tertiary/aromatic N) is 1. The summed E-state index contributed by atoms with van der Waals surface area (Å²) in [6.07, 6.45) is 0. The molecule has 2 amide bonds. The van der Waals surface area contributed by atoms with Gasteiger partial charge in [0.2, 0.25) is 5.91 Å². The fourth-order valence-electron chi connectivity index (χ4n) is 2.09. The van der Waals surface area contributed by atoms with Gasteiger partial charge in [0.15, 0.2) is 0 Å². The van der Waals surface area contributed by atoms with Crippen LogP contribution in [0.3, 0.4) is 0 Å².